The molecule has 0 aromatic heterocycles. The average Bonchev–Trinajstić information content (AvgIpc) is 2.20. The average molecular weight is 328 g/mol. The molecule has 0 saturated heterocycles. The summed E-state index contributed by atoms with van der Waals surface area (Å²) < 4.78 is 0. The molecule has 23 heavy (non-hydrogen) atoms. The van der Waals surface area contributed by atoms with Gasteiger partial charge in [-0.2, -0.15) is 0 Å². The maximum Gasteiger partial charge on any atom is 0.0440 e. The van der Waals surface area contributed by atoms with Crippen molar-refractivity contribution in [2.24, 2.45) is 16.6 Å². The van der Waals surface area contributed by atoms with Crippen LogP contribution in [-0.2, 0) is 0 Å². The monoisotopic (exact) mass is 327 g/mol. The van der Waals surface area contributed by atoms with Crippen LogP contribution in [0.4, 0.5) is 0 Å². The Kier molecular flexibility index (Phi) is 6.98. The van der Waals surface area contributed by atoms with Crippen LogP contribution in [0.15, 0.2) is 0 Å². The molecule has 0 aromatic carbocycles. The molecule has 0 aromatic rings. The summed E-state index contributed by atoms with van der Waals surface area (Å²) in [5.74, 6) is 0. The SMILES string of the molecule is CC(C)(C)N(C(C)(C)C)C(CNCCN)(C(C)(C)C)C(C)(C)C. The lowest BCUT2D eigenvalue weighted by molar-refractivity contribution is -0.167. The molecule has 0 aliphatic heterocycles. The first kappa shape index (κ1) is 22.9. The first-order valence-electron chi connectivity index (χ1n) is 9.14. The maximum atomic E-state index is 5.75. The number of nitrogens with one attached hydrogen (secondary N) is 1. The van der Waals surface area contributed by atoms with Crippen molar-refractivity contribution in [1.29, 1.82) is 0 Å². The summed E-state index contributed by atoms with van der Waals surface area (Å²) in [7, 11) is 0. The van der Waals surface area contributed by atoms with E-state index in [0.717, 1.165) is 13.1 Å². The molecule has 0 rings (SSSR count). The minimum Gasteiger partial charge on any atom is -0.329 e. The quantitative estimate of drug-likeness (QED) is 0.741. The summed E-state index contributed by atoms with van der Waals surface area (Å²) in [6, 6.07) is 0. The lowest BCUT2D eigenvalue weighted by atomic mass is 9.56. The first-order valence-corrected chi connectivity index (χ1v) is 9.14. The van der Waals surface area contributed by atoms with E-state index in [9.17, 15) is 0 Å². The van der Waals surface area contributed by atoms with Crippen LogP contribution in [0.3, 0.4) is 0 Å². The summed E-state index contributed by atoms with van der Waals surface area (Å²) >= 11 is 0. The fourth-order valence-corrected chi connectivity index (χ4v) is 4.93. The zero-order chi connectivity index (χ0) is 18.9. The molecule has 0 spiro atoms. The van der Waals surface area contributed by atoms with Gasteiger partial charge in [0.15, 0.2) is 0 Å². The third kappa shape index (κ3) is 4.93. The van der Waals surface area contributed by atoms with Gasteiger partial charge >= 0.3 is 0 Å². The van der Waals surface area contributed by atoms with Crippen LogP contribution in [0.1, 0.15) is 83.1 Å². The smallest absolute Gasteiger partial charge is 0.0440 e. The van der Waals surface area contributed by atoms with Crippen molar-refractivity contribution >= 4 is 0 Å². The number of hydrogen-bond acceptors (Lipinski definition) is 3. The van der Waals surface area contributed by atoms with E-state index in [2.05, 4.69) is 93.3 Å². The van der Waals surface area contributed by atoms with Gasteiger partial charge in [0.25, 0.3) is 0 Å². The lowest BCUT2D eigenvalue weighted by Crippen LogP contribution is -2.76. The fourth-order valence-electron chi connectivity index (χ4n) is 4.93. The largest absolute Gasteiger partial charge is 0.329 e. The molecule has 0 radical (unpaired) electrons. The van der Waals surface area contributed by atoms with Gasteiger partial charge in [0, 0.05) is 36.3 Å². The van der Waals surface area contributed by atoms with Gasteiger partial charge in [0.1, 0.15) is 0 Å². The molecule has 0 bridgehead atoms. The second kappa shape index (κ2) is 7.01. The van der Waals surface area contributed by atoms with Crippen LogP contribution >= 0.6 is 0 Å². The van der Waals surface area contributed by atoms with Crippen molar-refractivity contribution in [1.82, 2.24) is 10.2 Å². The zero-order valence-corrected chi connectivity index (χ0v) is 18.1. The van der Waals surface area contributed by atoms with Crippen LogP contribution in [0.2, 0.25) is 0 Å². The van der Waals surface area contributed by atoms with Crippen LogP contribution in [0, 0.1) is 10.8 Å². The van der Waals surface area contributed by atoms with Gasteiger partial charge in [0.2, 0.25) is 0 Å². The van der Waals surface area contributed by atoms with Gasteiger partial charge < -0.3 is 11.1 Å². The standard InChI is InChI=1S/C20H45N3/c1-16(2,3)20(17(4,5)6,15-22-14-13-21)23(18(7,8)9)19(10,11)12/h22H,13-15,21H2,1-12H3. The summed E-state index contributed by atoms with van der Waals surface area (Å²) in [5, 5.41) is 3.65. The molecule has 0 amide bonds. The predicted octanol–water partition coefficient (Wildman–Crippen LogP) is 4.26. The van der Waals surface area contributed by atoms with Crippen molar-refractivity contribution in [3.05, 3.63) is 0 Å². The van der Waals surface area contributed by atoms with Crippen LogP contribution in [-0.4, -0.2) is 41.2 Å². The highest BCUT2D eigenvalue weighted by molar-refractivity contribution is 5.14. The van der Waals surface area contributed by atoms with Crippen molar-refractivity contribution in [2.45, 2.75) is 99.7 Å². The van der Waals surface area contributed by atoms with Crippen molar-refractivity contribution in [2.75, 3.05) is 19.6 Å². The molecule has 0 atom stereocenters. The number of rotatable bonds is 5. The highest BCUT2D eigenvalue weighted by Gasteiger charge is 2.59. The second-order valence-electron chi connectivity index (χ2n) is 11.0. The van der Waals surface area contributed by atoms with E-state index in [1.54, 1.807) is 0 Å². The van der Waals surface area contributed by atoms with Crippen LogP contribution < -0.4 is 11.1 Å². The molecule has 0 unspecified atom stereocenters. The second-order valence-corrected chi connectivity index (χ2v) is 11.0. The summed E-state index contributed by atoms with van der Waals surface area (Å²) in [6.45, 7) is 30.8. The molecule has 140 valence electrons. The van der Waals surface area contributed by atoms with Gasteiger partial charge in [-0.3, -0.25) is 4.90 Å². The third-order valence-electron chi connectivity index (χ3n) is 4.91. The van der Waals surface area contributed by atoms with Crippen molar-refractivity contribution in [3.63, 3.8) is 0 Å². The van der Waals surface area contributed by atoms with E-state index in [1.807, 2.05) is 0 Å². The molecule has 0 heterocycles. The van der Waals surface area contributed by atoms with Gasteiger partial charge in [-0.25, -0.2) is 0 Å². The van der Waals surface area contributed by atoms with Gasteiger partial charge in [0.05, 0.1) is 0 Å². The highest BCUT2D eigenvalue weighted by Crippen LogP contribution is 2.52. The molecule has 0 saturated carbocycles. The minimum absolute atomic E-state index is 0.0222. The van der Waals surface area contributed by atoms with Gasteiger partial charge in [-0.15, -0.1) is 0 Å². The van der Waals surface area contributed by atoms with Crippen molar-refractivity contribution in [3.8, 4) is 0 Å². The number of nitrogens with two attached hydrogens (primary N) is 1. The summed E-state index contributed by atoms with van der Waals surface area (Å²) in [4.78, 5) is 2.75. The predicted molar refractivity (Wildman–Crippen MR) is 105 cm³/mol. The third-order valence-corrected chi connectivity index (χ3v) is 4.91. The Labute approximate surface area is 146 Å². The van der Waals surface area contributed by atoms with E-state index in [1.165, 1.54) is 0 Å². The first-order chi connectivity index (χ1) is 9.93. The van der Waals surface area contributed by atoms with E-state index in [-0.39, 0.29) is 27.4 Å². The lowest BCUT2D eigenvalue weighted by Gasteiger charge is -2.67. The Hall–Kier alpha value is -0.120. The molecule has 3 nitrogen and oxygen atoms in total. The zero-order valence-electron chi connectivity index (χ0n) is 18.1. The molecule has 0 aliphatic carbocycles. The normalized spacial score (nSPS) is 15.4. The topological polar surface area (TPSA) is 41.3 Å². The van der Waals surface area contributed by atoms with E-state index >= 15 is 0 Å². The van der Waals surface area contributed by atoms with Crippen LogP contribution in [0.5, 0.6) is 0 Å². The van der Waals surface area contributed by atoms with E-state index in [0.29, 0.717) is 6.54 Å². The number of hydrogen-bond donors (Lipinski definition) is 2. The number of nitrogens with zero attached hydrogens (tertiary/aromatic N) is 1. The van der Waals surface area contributed by atoms with Gasteiger partial charge in [-0.05, 0) is 52.4 Å². The fraction of sp³-hybridized carbons (Fsp3) is 1.00. The van der Waals surface area contributed by atoms with Crippen LogP contribution in [0.25, 0.3) is 0 Å². The van der Waals surface area contributed by atoms with E-state index < -0.39 is 0 Å². The Morgan fingerprint density at radius 2 is 1.04 bits per heavy atom. The molecular formula is C20H45N3. The Morgan fingerprint density at radius 1 is 0.696 bits per heavy atom. The molecule has 0 aliphatic rings. The van der Waals surface area contributed by atoms with Gasteiger partial charge in [-0.1, -0.05) is 41.5 Å². The molecule has 0 fully saturated rings. The molecular weight excluding hydrogens is 282 g/mol. The Morgan fingerprint density at radius 3 is 1.26 bits per heavy atom. The Bertz CT molecular complexity index is 330. The minimum atomic E-state index is -0.0222. The Balaban J connectivity index is 6.48. The highest BCUT2D eigenvalue weighted by atomic mass is 15.3. The molecule has 3 heteroatoms. The molecule has 3 N–H and O–H groups in total. The van der Waals surface area contributed by atoms with Crippen molar-refractivity contribution < 1.29 is 0 Å². The van der Waals surface area contributed by atoms with E-state index in [4.69, 9.17) is 5.73 Å². The summed E-state index contributed by atoms with van der Waals surface area (Å²) in [6.07, 6.45) is 0. The summed E-state index contributed by atoms with van der Waals surface area (Å²) in [5.41, 5.74) is 6.05. The maximum absolute atomic E-state index is 5.75.